The molecule has 11 heteroatoms. The molecule has 0 bridgehead atoms. The average molecular weight is 469 g/mol. The first-order chi connectivity index (χ1) is 15.2. The van der Waals surface area contributed by atoms with Gasteiger partial charge in [-0.05, 0) is 30.9 Å². The van der Waals surface area contributed by atoms with Crippen molar-refractivity contribution in [3.63, 3.8) is 0 Å². The Morgan fingerprint density at radius 1 is 1.22 bits per heavy atom. The van der Waals surface area contributed by atoms with Gasteiger partial charge in [0.2, 0.25) is 5.91 Å². The van der Waals surface area contributed by atoms with Crippen LogP contribution in [0.3, 0.4) is 0 Å². The van der Waals surface area contributed by atoms with Crippen LogP contribution in [0.1, 0.15) is 32.8 Å². The first-order valence-electron chi connectivity index (χ1n) is 10.5. The molecule has 178 valence electrons. The van der Waals surface area contributed by atoms with Crippen LogP contribution in [0.25, 0.3) is 10.9 Å². The van der Waals surface area contributed by atoms with Crippen molar-refractivity contribution in [2.45, 2.75) is 45.7 Å². The van der Waals surface area contributed by atoms with Crippen LogP contribution in [0.2, 0.25) is 0 Å². The third-order valence-corrected chi connectivity index (χ3v) is 5.86. The van der Waals surface area contributed by atoms with E-state index in [0.29, 0.717) is 0 Å². The zero-order chi connectivity index (χ0) is 23.7. The Kier molecular flexibility index (Phi) is 9.86. The van der Waals surface area contributed by atoms with Gasteiger partial charge in [-0.1, -0.05) is 32.0 Å². The lowest BCUT2D eigenvalue weighted by atomic mass is 10.0. The van der Waals surface area contributed by atoms with Gasteiger partial charge in [0.05, 0.1) is 25.9 Å². The summed E-state index contributed by atoms with van der Waals surface area (Å²) in [5.41, 5.74) is 1.73. The number of carbonyl (C=O) groups is 2. The van der Waals surface area contributed by atoms with Gasteiger partial charge in [0.25, 0.3) is 0 Å². The predicted octanol–water partition coefficient (Wildman–Crippen LogP) is 1.87. The number of benzene rings is 1. The highest BCUT2D eigenvalue weighted by Crippen LogP contribution is 2.37. The average Bonchev–Trinajstić information content (AvgIpc) is 3.14. The minimum atomic E-state index is -4.34. The first kappa shape index (κ1) is 26.0. The summed E-state index contributed by atoms with van der Waals surface area (Å²) in [5.74, 6) is -1.22. The molecule has 2 aromatic rings. The highest BCUT2D eigenvalue weighted by molar-refractivity contribution is 7.50. The van der Waals surface area contributed by atoms with Gasteiger partial charge in [0, 0.05) is 23.5 Å². The van der Waals surface area contributed by atoms with Crippen molar-refractivity contribution in [2.24, 2.45) is 5.92 Å². The van der Waals surface area contributed by atoms with E-state index in [9.17, 15) is 19.0 Å². The molecule has 3 atom stereocenters. The molecule has 1 amide bonds. The standard InChI is InChI=1S/C21H32N3O7P/c1-4-30-21(27)19(12-15-13-22-17-8-6-5-7-16(15)17)23-20(26)18(11-14(2)3)24-32(28,29)31-10-9-25/h5-8,13-14,18-19,22,25H,4,9-12H2,1-3H3,(H,23,26)(H2,24,28,29)/t18-,19-/m0/s1. The normalized spacial score (nSPS) is 15.3. The lowest BCUT2D eigenvalue weighted by molar-refractivity contribution is -0.147. The van der Waals surface area contributed by atoms with Crippen LogP contribution in [-0.4, -0.2) is 58.8 Å². The number of aromatic amines is 1. The Morgan fingerprint density at radius 3 is 2.59 bits per heavy atom. The molecule has 0 radical (unpaired) electrons. The molecule has 10 nitrogen and oxygen atoms in total. The molecule has 1 aromatic heterocycles. The van der Waals surface area contributed by atoms with Crippen LogP contribution in [0, 0.1) is 5.92 Å². The van der Waals surface area contributed by atoms with E-state index in [1.54, 1.807) is 13.1 Å². The van der Waals surface area contributed by atoms with Gasteiger partial charge >= 0.3 is 13.7 Å². The minimum Gasteiger partial charge on any atom is -0.464 e. The summed E-state index contributed by atoms with van der Waals surface area (Å²) in [5, 5.41) is 14.7. The number of para-hydroxylation sites is 1. The number of amides is 1. The summed E-state index contributed by atoms with van der Waals surface area (Å²) in [4.78, 5) is 38.7. The zero-order valence-electron chi connectivity index (χ0n) is 18.5. The second-order valence-corrected chi connectivity index (χ2v) is 9.32. The highest BCUT2D eigenvalue weighted by atomic mass is 31.2. The number of aromatic nitrogens is 1. The van der Waals surface area contributed by atoms with E-state index >= 15 is 0 Å². The molecule has 1 unspecified atom stereocenters. The summed E-state index contributed by atoms with van der Waals surface area (Å²) in [6.45, 7) is 4.73. The molecule has 5 N–H and O–H groups in total. The number of aliphatic hydroxyl groups is 1. The van der Waals surface area contributed by atoms with Crippen LogP contribution in [0.5, 0.6) is 0 Å². The van der Waals surface area contributed by atoms with Crippen molar-refractivity contribution >= 4 is 30.5 Å². The molecule has 0 saturated carbocycles. The Hall–Kier alpha value is -2.23. The topological polar surface area (TPSA) is 150 Å². The molecule has 0 aliphatic rings. The second-order valence-electron chi connectivity index (χ2n) is 7.77. The Balaban J connectivity index is 2.21. The lowest BCUT2D eigenvalue weighted by Gasteiger charge is -2.25. The summed E-state index contributed by atoms with van der Waals surface area (Å²) in [6.07, 6.45) is 2.18. The van der Waals surface area contributed by atoms with Crippen LogP contribution >= 0.6 is 7.75 Å². The molecule has 1 heterocycles. The Bertz CT molecular complexity index is 946. The summed E-state index contributed by atoms with van der Waals surface area (Å²) < 4.78 is 22.1. The van der Waals surface area contributed by atoms with Crippen LogP contribution < -0.4 is 10.4 Å². The number of rotatable bonds is 13. The van der Waals surface area contributed by atoms with Crippen molar-refractivity contribution in [2.75, 3.05) is 19.8 Å². The van der Waals surface area contributed by atoms with Crippen LogP contribution in [0.15, 0.2) is 30.5 Å². The van der Waals surface area contributed by atoms with E-state index in [1.807, 2.05) is 38.1 Å². The van der Waals surface area contributed by atoms with E-state index in [1.165, 1.54) is 0 Å². The molecule has 0 saturated heterocycles. The number of H-pyrrole nitrogens is 1. The summed E-state index contributed by atoms with van der Waals surface area (Å²) >= 11 is 0. The number of fused-ring (bicyclic) bond motifs is 1. The number of aliphatic hydroxyl groups excluding tert-OH is 1. The molecular formula is C21H32N3O7P. The largest absolute Gasteiger partial charge is 0.464 e. The number of carbonyl (C=O) groups excluding carboxylic acids is 2. The van der Waals surface area contributed by atoms with Gasteiger partial charge in [-0.15, -0.1) is 0 Å². The quantitative estimate of drug-likeness (QED) is 0.220. The molecular weight excluding hydrogens is 437 g/mol. The van der Waals surface area contributed by atoms with Gasteiger partial charge < -0.3 is 25.0 Å². The van der Waals surface area contributed by atoms with Crippen molar-refractivity contribution in [1.82, 2.24) is 15.4 Å². The number of hydrogen-bond donors (Lipinski definition) is 5. The third kappa shape index (κ3) is 7.72. The second kappa shape index (κ2) is 12.1. The lowest BCUT2D eigenvalue weighted by Crippen LogP contribution is -2.51. The molecule has 0 spiro atoms. The van der Waals surface area contributed by atoms with Gasteiger partial charge in [0.1, 0.15) is 6.04 Å². The van der Waals surface area contributed by atoms with Crippen LogP contribution in [0.4, 0.5) is 0 Å². The molecule has 32 heavy (non-hydrogen) atoms. The molecule has 1 aromatic carbocycles. The van der Waals surface area contributed by atoms with E-state index in [4.69, 9.17) is 14.4 Å². The van der Waals surface area contributed by atoms with E-state index in [2.05, 4.69) is 15.4 Å². The maximum Gasteiger partial charge on any atom is 0.403 e. The van der Waals surface area contributed by atoms with Gasteiger partial charge in [-0.25, -0.2) is 14.4 Å². The zero-order valence-corrected chi connectivity index (χ0v) is 19.4. The minimum absolute atomic E-state index is 0.00533. The number of esters is 1. The van der Waals surface area contributed by atoms with E-state index in [-0.39, 0.29) is 32.0 Å². The molecule has 2 rings (SSSR count). The fraction of sp³-hybridized carbons (Fsp3) is 0.524. The fourth-order valence-electron chi connectivity index (χ4n) is 3.32. The Labute approximate surface area is 187 Å². The monoisotopic (exact) mass is 469 g/mol. The van der Waals surface area contributed by atoms with Crippen molar-refractivity contribution in [3.05, 3.63) is 36.0 Å². The fourth-order valence-corrected chi connectivity index (χ4v) is 4.34. The maximum absolute atomic E-state index is 13.0. The van der Waals surface area contributed by atoms with Crippen molar-refractivity contribution < 1.29 is 33.4 Å². The molecule has 0 aliphatic heterocycles. The number of nitrogens with one attached hydrogen (secondary N) is 3. The highest BCUT2D eigenvalue weighted by Gasteiger charge is 2.32. The predicted molar refractivity (Wildman–Crippen MR) is 120 cm³/mol. The Morgan fingerprint density at radius 2 is 1.94 bits per heavy atom. The van der Waals surface area contributed by atoms with Crippen molar-refractivity contribution in [3.8, 4) is 0 Å². The molecule has 0 aliphatic carbocycles. The smallest absolute Gasteiger partial charge is 0.403 e. The van der Waals surface area contributed by atoms with Crippen molar-refractivity contribution in [1.29, 1.82) is 0 Å². The molecule has 0 fully saturated rings. The number of hydrogen-bond acceptors (Lipinski definition) is 6. The third-order valence-electron chi connectivity index (χ3n) is 4.69. The summed E-state index contributed by atoms with van der Waals surface area (Å²) in [7, 11) is -4.34. The number of ether oxygens (including phenoxy) is 1. The van der Waals surface area contributed by atoms with Gasteiger partial charge in [-0.2, -0.15) is 0 Å². The maximum atomic E-state index is 13.0. The van der Waals surface area contributed by atoms with Gasteiger partial charge in [0.15, 0.2) is 0 Å². The summed E-state index contributed by atoms with van der Waals surface area (Å²) in [6, 6.07) is 5.51. The van der Waals surface area contributed by atoms with E-state index < -0.39 is 38.3 Å². The SMILES string of the molecule is CCOC(=O)[C@H](Cc1c[nH]c2ccccc12)NC(=O)[C@H](CC(C)C)NP(=O)(O)OCCO. The van der Waals surface area contributed by atoms with E-state index in [0.717, 1.165) is 16.5 Å². The van der Waals surface area contributed by atoms with Gasteiger partial charge in [-0.3, -0.25) is 9.32 Å². The van der Waals surface area contributed by atoms with Crippen LogP contribution in [-0.2, 0) is 29.8 Å². The first-order valence-corrected chi connectivity index (χ1v) is 12.1.